The molecule has 0 heterocycles. The van der Waals surface area contributed by atoms with Crippen molar-refractivity contribution >= 4 is 17.9 Å². The highest BCUT2D eigenvalue weighted by atomic mass is 16.6. The molecule has 6 nitrogen and oxygen atoms in total. The van der Waals surface area contributed by atoms with Crippen LogP contribution in [0, 0.1) is 0 Å². The Morgan fingerprint density at radius 1 is 0.313 bits per heavy atom. The van der Waals surface area contributed by atoms with Gasteiger partial charge < -0.3 is 14.2 Å². The number of hydrogen-bond acceptors (Lipinski definition) is 6. The highest BCUT2D eigenvalue weighted by Crippen LogP contribution is 2.14. The number of esters is 3. The predicted molar refractivity (Wildman–Crippen MR) is 288 cm³/mol. The molecule has 1 unspecified atom stereocenters. The second-order valence-corrected chi connectivity index (χ2v) is 17.3. The summed E-state index contributed by atoms with van der Waals surface area (Å²) in [7, 11) is 0. The van der Waals surface area contributed by atoms with E-state index < -0.39 is 6.10 Å². The summed E-state index contributed by atoms with van der Waals surface area (Å²) in [4.78, 5) is 38.0. The van der Waals surface area contributed by atoms with E-state index in [-0.39, 0.29) is 37.5 Å². The monoisotopic (exact) mass is 925 g/mol. The van der Waals surface area contributed by atoms with E-state index in [0.29, 0.717) is 19.3 Å². The molecule has 6 heteroatoms. The summed E-state index contributed by atoms with van der Waals surface area (Å²) in [6, 6.07) is 0. The van der Waals surface area contributed by atoms with E-state index in [1.54, 1.807) is 0 Å². The Kier molecular flexibility index (Phi) is 50.6. The second kappa shape index (κ2) is 54.2. The Labute approximate surface area is 411 Å². The zero-order valence-corrected chi connectivity index (χ0v) is 42.9. The van der Waals surface area contributed by atoms with Crippen LogP contribution in [0.4, 0.5) is 0 Å². The summed E-state index contributed by atoms with van der Waals surface area (Å²) < 4.78 is 16.7. The predicted octanol–water partition coefficient (Wildman–Crippen LogP) is 17.9. The maximum Gasteiger partial charge on any atom is 0.306 e. The van der Waals surface area contributed by atoms with E-state index in [1.165, 1.54) is 89.9 Å². The van der Waals surface area contributed by atoms with E-state index in [1.807, 2.05) is 97.2 Å². The first-order valence-electron chi connectivity index (χ1n) is 26.8. The molecule has 0 aliphatic carbocycles. The molecule has 0 aliphatic rings. The van der Waals surface area contributed by atoms with Gasteiger partial charge in [0.05, 0.1) is 0 Å². The lowest BCUT2D eigenvalue weighted by atomic mass is 10.1. The van der Waals surface area contributed by atoms with Crippen LogP contribution in [0.5, 0.6) is 0 Å². The molecular weight excluding hydrogens is 829 g/mol. The van der Waals surface area contributed by atoms with E-state index in [9.17, 15) is 14.4 Å². The number of hydrogen-bond donors (Lipinski definition) is 0. The maximum absolute atomic E-state index is 12.8. The number of carbonyl (C=O) groups is 3. The van der Waals surface area contributed by atoms with Crippen LogP contribution in [0.3, 0.4) is 0 Å². The van der Waals surface area contributed by atoms with Gasteiger partial charge in [-0.25, -0.2) is 0 Å². The van der Waals surface area contributed by atoms with Crippen LogP contribution in [-0.4, -0.2) is 37.2 Å². The topological polar surface area (TPSA) is 78.9 Å². The molecule has 0 aromatic rings. The fraction of sp³-hybridized carbons (Fsp3) is 0.590. The van der Waals surface area contributed by atoms with Crippen LogP contribution in [0.2, 0.25) is 0 Å². The molecule has 0 fully saturated rings. The zero-order valence-electron chi connectivity index (χ0n) is 42.9. The van der Waals surface area contributed by atoms with E-state index in [0.717, 1.165) is 77.0 Å². The molecule has 0 spiro atoms. The highest BCUT2D eigenvalue weighted by Gasteiger charge is 2.19. The quantitative estimate of drug-likeness (QED) is 0.0199. The Bertz CT molecular complexity index is 1480. The second-order valence-electron chi connectivity index (χ2n) is 17.3. The average molecular weight is 925 g/mol. The summed E-state index contributed by atoms with van der Waals surface area (Å²) in [5, 5.41) is 0. The lowest BCUT2D eigenvalue weighted by molar-refractivity contribution is -0.167. The molecule has 0 saturated heterocycles. The van der Waals surface area contributed by atoms with Crippen molar-refractivity contribution in [2.75, 3.05) is 13.2 Å². The Balaban J connectivity index is 4.53. The molecule has 0 aliphatic heterocycles. The largest absolute Gasteiger partial charge is 0.462 e. The Morgan fingerprint density at radius 2 is 0.597 bits per heavy atom. The number of unbranched alkanes of at least 4 members (excludes halogenated alkanes) is 21. The number of allylic oxidation sites excluding steroid dienone is 22. The molecule has 0 aromatic heterocycles. The van der Waals surface area contributed by atoms with Crippen molar-refractivity contribution in [1.82, 2.24) is 0 Å². The van der Waals surface area contributed by atoms with Crippen LogP contribution in [0.1, 0.15) is 213 Å². The molecule has 0 radical (unpaired) electrons. The van der Waals surface area contributed by atoms with Crippen molar-refractivity contribution in [3.63, 3.8) is 0 Å². The smallest absolute Gasteiger partial charge is 0.306 e. The van der Waals surface area contributed by atoms with Gasteiger partial charge in [-0.05, 0) is 83.5 Å². The zero-order chi connectivity index (χ0) is 48.6. The minimum Gasteiger partial charge on any atom is -0.462 e. The first kappa shape index (κ1) is 62.5. The normalized spacial score (nSPS) is 13.2. The van der Waals surface area contributed by atoms with Crippen molar-refractivity contribution in [1.29, 1.82) is 0 Å². The third-order valence-corrected chi connectivity index (χ3v) is 10.9. The molecule has 0 amide bonds. The third kappa shape index (κ3) is 52.4. The minimum atomic E-state index is -0.825. The summed E-state index contributed by atoms with van der Waals surface area (Å²) >= 11 is 0. The molecule has 0 bridgehead atoms. The SMILES string of the molecule is CC\C=C/C=C\C=C/C=C\C=C/CCCCCC(=O)OCC(COC(=O)CCCCCCCCC/C=C\CCCCCCCCCC)OC(=O)CCCCC\C=C/C=C\C=C/C=C\C=C/CC. The number of ether oxygens (including phenoxy) is 3. The highest BCUT2D eigenvalue weighted by molar-refractivity contribution is 5.71. The van der Waals surface area contributed by atoms with Crippen LogP contribution in [0.15, 0.2) is 134 Å². The molecule has 1 atom stereocenters. The molecule has 0 aromatic carbocycles. The average Bonchev–Trinajstić information content (AvgIpc) is 3.33. The minimum absolute atomic E-state index is 0.116. The van der Waals surface area contributed by atoms with Gasteiger partial charge in [-0.3, -0.25) is 14.4 Å². The van der Waals surface area contributed by atoms with Gasteiger partial charge in [0.25, 0.3) is 0 Å². The van der Waals surface area contributed by atoms with Gasteiger partial charge in [0, 0.05) is 19.3 Å². The Hall–Kier alpha value is -4.45. The summed E-state index contributed by atoms with van der Waals surface area (Å²) in [5.74, 6) is -1.01. The first-order chi connectivity index (χ1) is 33.0. The van der Waals surface area contributed by atoms with Gasteiger partial charge in [-0.1, -0.05) is 244 Å². The third-order valence-electron chi connectivity index (χ3n) is 10.9. The molecule has 0 N–H and O–H groups in total. The van der Waals surface area contributed by atoms with Crippen LogP contribution in [-0.2, 0) is 28.6 Å². The van der Waals surface area contributed by atoms with Gasteiger partial charge >= 0.3 is 17.9 Å². The van der Waals surface area contributed by atoms with Crippen molar-refractivity contribution in [2.45, 2.75) is 219 Å². The fourth-order valence-electron chi connectivity index (χ4n) is 6.89. The van der Waals surface area contributed by atoms with Crippen LogP contribution < -0.4 is 0 Å². The Morgan fingerprint density at radius 3 is 0.970 bits per heavy atom. The molecule has 67 heavy (non-hydrogen) atoms. The van der Waals surface area contributed by atoms with Gasteiger partial charge in [0.1, 0.15) is 13.2 Å². The number of rotatable bonds is 46. The molecule has 0 saturated carbocycles. The molecule has 0 rings (SSSR count). The van der Waals surface area contributed by atoms with Crippen molar-refractivity contribution in [3.05, 3.63) is 134 Å². The van der Waals surface area contributed by atoms with Gasteiger partial charge in [-0.15, -0.1) is 0 Å². The first-order valence-corrected chi connectivity index (χ1v) is 26.8. The lowest BCUT2D eigenvalue weighted by Crippen LogP contribution is -2.30. The van der Waals surface area contributed by atoms with Gasteiger partial charge in [0.2, 0.25) is 0 Å². The summed E-state index contributed by atoms with van der Waals surface area (Å²) in [6.45, 7) is 6.26. The molecule has 376 valence electrons. The van der Waals surface area contributed by atoms with E-state index >= 15 is 0 Å². The van der Waals surface area contributed by atoms with Crippen molar-refractivity contribution in [3.8, 4) is 0 Å². The van der Waals surface area contributed by atoms with Crippen molar-refractivity contribution in [2.24, 2.45) is 0 Å². The fourth-order valence-corrected chi connectivity index (χ4v) is 6.89. The van der Waals surface area contributed by atoms with Gasteiger partial charge in [-0.2, -0.15) is 0 Å². The van der Waals surface area contributed by atoms with E-state index in [4.69, 9.17) is 14.2 Å². The summed E-state index contributed by atoms with van der Waals surface area (Å²) in [5.41, 5.74) is 0. The molecular formula is C61H96O6. The van der Waals surface area contributed by atoms with Crippen molar-refractivity contribution < 1.29 is 28.6 Å². The number of carbonyl (C=O) groups excluding carboxylic acids is 3. The summed E-state index contributed by atoms with van der Waals surface area (Å²) in [6.07, 6.45) is 75.8. The lowest BCUT2D eigenvalue weighted by Gasteiger charge is -2.18. The van der Waals surface area contributed by atoms with Gasteiger partial charge in [0.15, 0.2) is 6.10 Å². The van der Waals surface area contributed by atoms with Crippen LogP contribution in [0.25, 0.3) is 0 Å². The maximum atomic E-state index is 12.8. The van der Waals surface area contributed by atoms with E-state index in [2.05, 4.69) is 57.2 Å². The van der Waals surface area contributed by atoms with Crippen LogP contribution >= 0.6 is 0 Å². The standard InChI is InChI=1S/C61H96O6/c1-4-7-10-13-16-19-22-25-28-29-30-31-34-36-39-42-45-48-51-54-60(63)66-57-58(67-61(64)55-52-49-46-43-40-37-33-27-24-21-18-15-12-9-6-3)56-65-59(62)53-50-47-44-41-38-35-32-26-23-20-17-14-11-8-5-2/h8-9,11-12,14-15,17-18,20-21,23-24,26-27,29-30,32-33,35,37-38,40,58H,4-7,10,13,16,19,22,25,28,31,34,36,39,41-57H2,1-3H3/b11-8-,12-9-,17-14-,18-15-,23-20-,24-21-,30-29-,32-26-,33-27-,38-35-,40-37-.